The molecule has 2 aliphatic rings. The maximum absolute atomic E-state index is 12.9. The molecule has 1 fully saturated rings. The fourth-order valence-corrected chi connectivity index (χ4v) is 5.69. The van der Waals surface area contributed by atoms with Gasteiger partial charge < -0.3 is 15.1 Å². The maximum atomic E-state index is 12.9. The van der Waals surface area contributed by atoms with Crippen LogP contribution in [0, 0.1) is 0 Å². The van der Waals surface area contributed by atoms with Crippen molar-refractivity contribution < 1.29 is 18.0 Å². The van der Waals surface area contributed by atoms with Gasteiger partial charge in [-0.25, -0.2) is 8.42 Å². The van der Waals surface area contributed by atoms with Crippen LogP contribution in [0.3, 0.4) is 0 Å². The Morgan fingerprint density at radius 1 is 1.03 bits per heavy atom. The second kappa shape index (κ2) is 8.78. The van der Waals surface area contributed by atoms with E-state index in [1.165, 1.54) is 12.1 Å². The van der Waals surface area contributed by atoms with Crippen LogP contribution in [0.5, 0.6) is 0 Å². The minimum absolute atomic E-state index is 0.0287. The van der Waals surface area contributed by atoms with Crippen molar-refractivity contribution in [1.82, 2.24) is 10.2 Å². The predicted molar refractivity (Wildman–Crippen MR) is 124 cm³/mol. The fourth-order valence-electron chi connectivity index (χ4n) is 4.12. The van der Waals surface area contributed by atoms with Crippen molar-refractivity contribution in [3.05, 3.63) is 64.6 Å². The van der Waals surface area contributed by atoms with Gasteiger partial charge in [0.2, 0.25) is 15.7 Å². The van der Waals surface area contributed by atoms with E-state index in [4.69, 9.17) is 0 Å². The zero-order valence-electron chi connectivity index (χ0n) is 18.2. The molecule has 2 aliphatic heterocycles. The number of nitrogens with zero attached hydrogens (tertiary/aromatic N) is 2. The van der Waals surface area contributed by atoms with Gasteiger partial charge in [0.05, 0.1) is 11.3 Å². The van der Waals surface area contributed by atoms with Crippen LogP contribution < -0.4 is 10.2 Å². The van der Waals surface area contributed by atoms with E-state index in [1.54, 1.807) is 23.1 Å². The van der Waals surface area contributed by atoms with E-state index in [0.717, 1.165) is 11.3 Å². The van der Waals surface area contributed by atoms with Gasteiger partial charge in [-0.05, 0) is 48.2 Å². The number of sulfone groups is 1. The number of carbonyl (C=O) groups is 2. The Hall–Kier alpha value is -3.13. The number of nitrogens with one attached hydrogen (secondary N) is 1. The highest BCUT2D eigenvalue weighted by Crippen LogP contribution is 2.34. The summed E-state index contributed by atoms with van der Waals surface area (Å²) in [6, 6.07) is 14.5. The first-order valence-corrected chi connectivity index (χ1v) is 12.1. The minimum Gasteiger partial charge on any atom is -0.378 e. The normalized spacial score (nSPS) is 17.4. The third-order valence-corrected chi connectivity index (χ3v) is 7.78. The summed E-state index contributed by atoms with van der Waals surface area (Å²) in [6.07, 6.45) is 2.95. The smallest absolute Gasteiger partial charge is 0.265 e. The second-order valence-electron chi connectivity index (χ2n) is 8.42. The third kappa shape index (κ3) is 4.41. The van der Waals surface area contributed by atoms with Gasteiger partial charge in [-0.3, -0.25) is 9.59 Å². The van der Waals surface area contributed by atoms with E-state index < -0.39 is 15.7 Å². The van der Waals surface area contributed by atoms with E-state index in [0.29, 0.717) is 37.9 Å². The molecule has 32 heavy (non-hydrogen) atoms. The molecule has 0 atom stereocenters. The number of benzene rings is 2. The van der Waals surface area contributed by atoms with Gasteiger partial charge in [-0.2, -0.15) is 0 Å². The van der Waals surface area contributed by atoms with Gasteiger partial charge in [-0.15, -0.1) is 0 Å². The molecule has 0 radical (unpaired) electrons. The Balaban J connectivity index is 1.31. The van der Waals surface area contributed by atoms with Crippen molar-refractivity contribution in [3.8, 4) is 0 Å². The molecule has 2 heterocycles. The van der Waals surface area contributed by atoms with Gasteiger partial charge >= 0.3 is 0 Å². The first-order valence-electron chi connectivity index (χ1n) is 10.7. The molecule has 8 heteroatoms. The van der Waals surface area contributed by atoms with E-state index in [2.05, 4.69) is 5.32 Å². The van der Waals surface area contributed by atoms with Gasteiger partial charge in [0, 0.05) is 38.9 Å². The van der Waals surface area contributed by atoms with E-state index in [-0.39, 0.29) is 21.7 Å². The first-order chi connectivity index (χ1) is 15.3. The van der Waals surface area contributed by atoms with Crippen molar-refractivity contribution in [1.29, 1.82) is 0 Å². The molecule has 0 aromatic heterocycles. The number of anilines is 1. The molecule has 2 aromatic carbocycles. The molecular weight excluding hydrogens is 426 g/mol. The van der Waals surface area contributed by atoms with E-state index in [9.17, 15) is 18.0 Å². The summed E-state index contributed by atoms with van der Waals surface area (Å²) in [5, 5.41) is 3.04. The van der Waals surface area contributed by atoms with Crippen molar-refractivity contribution in [2.24, 2.45) is 0 Å². The highest BCUT2D eigenvalue weighted by molar-refractivity contribution is 7.96. The number of piperidine rings is 1. The standard InChI is InChI=1S/C24H27N3O4S/c1-26(2)20-9-7-17(8-10-20)15-23(28)25-19-11-13-27(14-12-19)24(29)22-16-18-5-3-4-6-21(18)32(22,30)31/h3-10,16,19H,11-15H2,1-2H3,(H,25,28). The highest BCUT2D eigenvalue weighted by Gasteiger charge is 2.37. The average molecular weight is 454 g/mol. The molecule has 7 nitrogen and oxygen atoms in total. The summed E-state index contributed by atoms with van der Waals surface area (Å²) in [6.45, 7) is 0.815. The van der Waals surface area contributed by atoms with Crippen LogP contribution in [0.15, 0.2) is 58.3 Å². The minimum atomic E-state index is -3.77. The quantitative estimate of drug-likeness (QED) is 0.750. The Kier molecular flexibility index (Phi) is 6.06. The average Bonchev–Trinajstić information content (AvgIpc) is 3.05. The lowest BCUT2D eigenvalue weighted by Gasteiger charge is -2.32. The summed E-state index contributed by atoms with van der Waals surface area (Å²) >= 11 is 0. The number of hydrogen-bond donors (Lipinski definition) is 1. The molecule has 2 aromatic rings. The molecular formula is C24H27N3O4S. The van der Waals surface area contributed by atoms with Crippen LogP contribution in [0.25, 0.3) is 6.08 Å². The molecule has 0 bridgehead atoms. The van der Waals surface area contributed by atoms with Crippen molar-refractivity contribution in [3.63, 3.8) is 0 Å². The monoisotopic (exact) mass is 453 g/mol. The second-order valence-corrected chi connectivity index (χ2v) is 10.3. The molecule has 0 spiro atoms. The van der Waals surface area contributed by atoms with Gasteiger partial charge in [0.25, 0.3) is 5.91 Å². The third-order valence-electron chi connectivity index (χ3n) is 5.96. The largest absolute Gasteiger partial charge is 0.378 e. The zero-order chi connectivity index (χ0) is 22.9. The predicted octanol–water partition coefficient (Wildman–Crippen LogP) is 2.23. The van der Waals surface area contributed by atoms with E-state index >= 15 is 0 Å². The molecule has 1 N–H and O–H groups in total. The molecule has 4 rings (SSSR count). The molecule has 0 saturated carbocycles. The molecule has 0 aliphatic carbocycles. The van der Waals surface area contributed by atoms with Crippen LogP contribution in [0.1, 0.15) is 24.0 Å². The Labute approximate surface area is 188 Å². The van der Waals surface area contributed by atoms with Crippen LogP contribution in [-0.2, 0) is 25.8 Å². The molecule has 168 valence electrons. The van der Waals surface area contributed by atoms with Gasteiger partial charge in [0.15, 0.2) is 0 Å². The topological polar surface area (TPSA) is 86.8 Å². The number of rotatable bonds is 5. The molecule has 0 unspecified atom stereocenters. The van der Waals surface area contributed by atoms with Gasteiger partial charge in [0.1, 0.15) is 4.91 Å². The van der Waals surface area contributed by atoms with Crippen molar-refractivity contribution in [2.45, 2.75) is 30.2 Å². The Morgan fingerprint density at radius 2 is 1.69 bits per heavy atom. The molecule has 2 amide bonds. The number of likely N-dealkylation sites (tertiary alicyclic amines) is 1. The SMILES string of the molecule is CN(C)c1ccc(CC(=O)NC2CCN(C(=O)C3=Cc4ccccc4S3(=O)=O)CC2)cc1. The van der Waals surface area contributed by atoms with Crippen LogP contribution in [0.4, 0.5) is 5.69 Å². The Morgan fingerprint density at radius 3 is 2.31 bits per heavy atom. The number of fused-ring (bicyclic) bond motifs is 1. The Bertz CT molecular complexity index is 1160. The van der Waals surface area contributed by atoms with Crippen LogP contribution >= 0.6 is 0 Å². The van der Waals surface area contributed by atoms with Crippen molar-refractivity contribution >= 4 is 33.4 Å². The molecule has 1 saturated heterocycles. The van der Waals surface area contributed by atoms with Crippen LogP contribution in [0.2, 0.25) is 0 Å². The maximum Gasteiger partial charge on any atom is 0.265 e. The summed E-state index contributed by atoms with van der Waals surface area (Å²) in [7, 11) is 0.164. The summed E-state index contributed by atoms with van der Waals surface area (Å²) in [5.41, 5.74) is 2.57. The first kappa shape index (κ1) is 22.1. The fraction of sp³-hybridized carbons (Fsp3) is 0.333. The van der Waals surface area contributed by atoms with Crippen LogP contribution in [-0.4, -0.2) is 58.4 Å². The number of amides is 2. The lowest BCUT2D eigenvalue weighted by molar-refractivity contribution is -0.127. The lowest BCUT2D eigenvalue weighted by Crippen LogP contribution is -2.47. The van der Waals surface area contributed by atoms with Gasteiger partial charge in [-0.1, -0.05) is 30.3 Å². The summed E-state index contributed by atoms with van der Waals surface area (Å²) in [4.78, 5) is 29.0. The number of carbonyl (C=O) groups excluding carboxylic acids is 2. The number of hydrogen-bond acceptors (Lipinski definition) is 5. The van der Waals surface area contributed by atoms with E-state index in [1.807, 2.05) is 43.3 Å². The summed E-state index contributed by atoms with van der Waals surface area (Å²) < 4.78 is 25.5. The zero-order valence-corrected chi connectivity index (χ0v) is 19.1. The lowest BCUT2D eigenvalue weighted by atomic mass is 10.0. The highest BCUT2D eigenvalue weighted by atomic mass is 32.2. The summed E-state index contributed by atoms with van der Waals surface area (Å²) in [5.74, 6) is -0.518. The van der Waals surface area contributed by atoms with Crippen molar-refractivity contribution in [2.75, 3.05) is 32.1 Å².